The number of furan rings is 1. The molecule has 0 fully saturated rings. The predicted octanol–water partition coefficient (Wildman–Crippen LogP) is 10.1. The Balaban J connectivity index is 1.35. The van der Waals surface area contributed by atoms with Gasteiger partial charge in [0.05, 0.1) is 11.4 Å². The Morgan fingerprint density at radius 3 is 1.72 bits per heavy atom. The van der Waals surface area contributed by atoms with Gasteiger partial charge in [-0.1, -0.05) is 97.1 Å². The van der Waals surface area contributed by atoms with Gasteiger partial charge < -0.3 is 4.42 Å². The van der Waals surface area contributed by atoms with Gasteiger partial charge in [0.1, 0.15) is 5.58 Å². The molecule has 0 aliphatic rings. The van der Waals surface area contributed by atoms with Crippen LogP contribution < -0.4 is 0 Å². The Bertz CT molecular complexity index is 2170. The SMILES string of the molecule is c1ccc(-c2cc(-c3ccc4oc5ncccc5c4c3)cc(-c3cc(-c4ccccc4)nc(-c4ccccc4)n3)c2)cc1. The van der Waals surface area contributed by atoms with E-state index in [0.717, 1.165) is 66.7 Å². The van der Waals surface area contributed by atoms with Crippen LogP contribution in [0.3, 0.4) is 0 Å². The normalized spacial score (nSPS) is 11.3. The van der Waals surface area contributed by atoms with Crippen LogP contribution in [0.15, 0.2) is 156 Å². The van der Waals surface area contributed by atoms with Crippen LogP contribution >= 0.6 is 0 Å². The lowest BCUT2D eigenvalue weighted by atomic mass is 9.94. The highest BCUT2D eigenvalue weighted by molar-refractivity contribution is 6.05. The molecular weight excluding hydrogens is 526 g/mol. The van der Waals surface area contributed by atoms with E-state index in [1.807, 2.05) is 54.6 Å². The van der Waals surface area contributed by atoms with Crippen molar-refractivity contribution in [2.45, 2.75) is 0 Å². The Morgan fingerprint density at radius 2 is 1.00 bits per heavy atom. The van der Waals surface area contributed by atoms with Gasteiger partial charge in [-0.25, -0.2) is 15.0 Å². The quantitative estimate of drug-likeness (QED) is 0.214. The molecule has 0 atom stereocenters. The number of aromatic nitrogens is 3. The monoisotopic (exact) mass is 551 g/mol. The lowest BCUT2D eigenvalue weighted by Gasteiger charge is -2.13. The first kappa shape index (κ1) is 24.9. The van der Waals surface area contributed by atoms with Crippen LogP contribution in [0.1, 0.15) is 0 Å². The third-order valence-corrected chi connectivity index (χ3v) is 7.74. The Hall–Kier alpha value is -5.87. The van der Waals surface area contributed by atoms with Crippen LogP contribution in [-0.2, 0) is 0 Å². The second kappa shape index (κ2) is 10.5. The molecule has 0 spiro atoms. The van der Waals surface area contributed by atoms with E-state index in [-0.39, 0.29) is 0 Å². The number of nitrogens with zero attached hydrogens (tertiary/aromatic N) is 3. The van der Waals surface area contributed by atoms with Gasteiger partial charge in [-0.2, -0.15) is 0 Å². The summed E-state index contributed by atoms with van der Waals surface area (Å²) in [6, 6.07) is 50.1. The van der Waals surface area contributed by atoms with E-state index < -0.39 is 0 Å². The van der Waals surface area contributed by atoms with Gasteiger partial charge in [-0.15, -0.1) is 0 Å². The van der Waals surface area contributed by atoms with Crippen molar-refractivity contribution < 1.29 is 4.42 Å². The topological polar surface area (TPSA) is 51.8 Å². The second-order valence-electron chi connectivity index (χ2n) is 10.5. The standard InChI is InChI=1S/C39H25N3O/c1-4-11-26(12-5-1)30-21-31(29-18-19-37-34(24-29)33-17-10-20-40-39(33)43-37)23-32(22-30)36-25-35(27-13-6-2-7-14-27)41-38(42-36)28-15-8-3-9-16-28/h1-25H. The van der Waals surface area contributed by atoms with Crippen LogP contribution in [0.5, 0.6) is 0 Å². The number of fused-ring (bicyclic) bond motifs is 3. The van der Waals surface area contributed by atoms with Gasteiger partial charge in [-0.05, 0) is 70.8 Å². The van der Waals surface area contributed by atoms with E-state index in [1.165, 1.54) is 0 Å². The number of rotatable bonds is 5. The average molecular weight is 552 g/mol. The minimum absolute atomic E-state index is 0.649. The van der Waals surface area contributed by atoms with Crippen molar-refractivity contribution in [3.63, 3.8) is 0 Å². The molecule has 8 aromatic rings. The molecule has 0 N–H and O–H groups in total. The fourth-order valence-corrected chi connectivity index (χ4v) is 5.60. The van der Waals surface area contributed by atoms with Crippen molar-refractivity contribution in [2.75, 3.05) is 0 Å². The molecule has 8 rings (SSSR count). The molecule has 0 saturated heterocycles. The maximum atomic E-state index is 6.01. The zero-order valence-corrected chi connectivity index (χ0v) is 23.2. The van der Waals surface area contributed by atoms with E-state index in [2.05, 4.69) is 96.0 Å². The van der Waals surface area contributed by atoms with Gasteiger partial charge >= 0.3 is 0 Å². The molecule has 0 aliphatic carbocycles. The van der Waals surface area contributed by atoms with Gasteiger partial charge in [0.2, 0.25) is 5.71 Å². The molecule has 0 unspecified atom stereocenters. The molecule has 5 aromatic carbocycles. The summed E-state index contributed by atoms with van der Waals surface area (Å²) in [5.74, 6) is 0.697. The maximum absolute atomic E-state index is 6.01. The summed E-state index contributed by atoms with van der Waals surface area (Å²) in [5, 5.41) is 2.06. The molecule has 0 saturated carbocycles. The Morgan fingerprint density at radius 1 is 0.395 bits per heavy atom. The molecule has 4 heteroatoms. The molecule has 3 aromatic heterocycles. The number of pyridine rings is 1. The number of hydrogen-bond donors (Lipinski definition) is 0. The lowest BCUT2D eigenvalue weighted by molar-refractivity contribution is 0.654. The van der Waals surface area contributed by atoms with Crippen LogP contribution in [0, 0.1) is 0 Å². The summed E-state index contributed by atoms with van der Waals surface area (Å²) in [6.07, 6.45) is 1.76. The van der Waals surface area contributed by atoms with Gasteiger partial charge in [-0.3, -0.25) is 0 Å². The summed E-state index contributed by atoms with van der Waals surface area (Å²) in [4.78, 5) is 14.5. The van der Waals surface area contributed by atoms with Gasteiger partial charge in [0, 0.05) is 33.7 Å². The molecule has 202 valence electrons. The number of benzene rings is 5. The molecule has 0 bridgehead atoms. The smallest absolute Gasteiger partial charge is 0.227 e. The molecule has 0 amide bonds. The average Bonchev–Trinajstić information content (AvgIpc) is 3.47. The zero-order chi connectivity index (χ0) is 28.6. The second-order valence-corrected chi connectivity index (χ2v) is 10.5. The molecule has 43 heavy (non-hydrogen) atoms. The van der Waals surface area contributed by atoms with Crippen LogP contribution in [0.4, 0.5) is 0 Å². The van der Waals surface area contributed by atoms with Crippen LogP contribution in [0.25, 0.3) is 78.2 Å². The zero-order valence-electron chi connectivity index (χ0n) is 23.2. The first-order chi connectivity index (χ1) is 21.3. The minimum Gasteiger partial charge on any atom is -0.438 e. The van der Waals surface area contributed by atoms with Crippen molar-refractivity contribution in [1.82, 2.24) is 15.0 Å². The minimum atomic E-state index is 0.649. The number of hydrogen-bond acceptors (Lipinski definition) is 4. The lowest BCUT2D eigenvalue weighted by Crippen LogP contribution is -1.96. The maximum Gasteiger partial charge on any atom is 0.227 e. The van der Waals surface area contributed by atoms with Crippen LogP contribution in [-0.4, -0.2) is 15.0 Å². The van der Waals surface area contributed by atoms with E-state index in [9.17, 15) is 0 Å². The van der Waals surface area contributed by atoms with Crippen molar-refractivity contribution in [1.29, 1.82) is 0 Å². The summed E-state index contributed by atoms with van der Waals surface area (Å²) in [7, 11) is 0. The third-order valence-electron chi connectivity index (χ3n) is 7.74. The van der Waals surface area contributed by atoms with E-state index in [0.29, 0.717) is 11.5 Å². The van der Waals surface area contributed by atoms with E-state index >= 15 is 0 Å². The van der Waals surface area contributed by atoms with Crippen molar-refractivity contribution in [3.8, 4) is 56.2 Å². The summed E-state index contributed by atoms with van der Waals surface area (Å²) in [5.41, 5.74) is 10.7. The molecular formula is C39H25N3O. The largest absolute Gasteiger partial charge is 0.438 e. The third kappa shape index (κ3) is 4.75. The van der Waals surface area contributed by atoms with Gasteiger partial charge in [0.15, 0.2) is 5.82 Å². The van der Waals surface area contributed by atoms with Gasteiger partial charge in [0.25, 0.3) is 0 Å². The van der Waals surface area contributed by atoms with Crippen molar-refractivity contribution in [3.05, 3.63) is 152 Å². The predicted molar refractivity (Wildman–Crippen MR) is 174 cm³/mol. The molecule has 3 heterocycles. The fraction of sp³-hybridized carbons (Fsp3) is 0. The highest BCUT2D eigenvalue weighted by Crippen LogP contribution is 2.37. The van der Waals surface area contributed by atoms with E-state index in [1.54, 1.807) is 6.20 Å². The molecule has 4 nitrogen and oxygen atoms in total. The highest BCUT2D eigenvalue weighted by atomic mass is 16.3. The first-order valence-corrected chi connectivity index (χ1v) is 14.3. The molecule has 0 aliphatic heterocycles. The molecule has 0 radical (unpaired) electrons. The van der Waals surface area contributed by atoms with Crippen LogP contribution in [0.2, 0.25) is 0 Å². The summed E-state index contributed by atoms with van der Waals surface area (Å²) >= 11 is 0. The fourth-order valence-electron chi connectivity index (χ4n) is 5.60. The van der Waals surface area contributed by atoms with Crippen molar-refractivity contribution in [2.24, 2.45) is 0 Å². The van der Waals surface area contributed by atoms with E-state index in [4.69, 9.17) is 14.4 Å². The summed E-state index contributed by atoms with van der Waals surface area (Å²) < 4.78 is 6.01. The Kier molecular flexibility index (Phi) is 6.08. The highest BCUT2D eigenvalue weighted by Gasteiger charge is 2.15. The Labute approximate surface area is 249 Å². The first-order valence-electron chi connectivity index (χ1n) is 14.3. The summed E-state index contributed by atoms with van der Waals surface area (Å²) in [6.45, 7) is 0. The van der Waals surface area contributed by atoms with Crippen molar-refractivity contribution >= 4 is 22.1 Å².